The summed E-state index contributed by atoms with van der Waals surface area (Å²) in [5.74, 6) is 0.301. The van der Waals surface area contributed by atoms with E-state index in [4.69, 9.17) is 4.74 Å². The number of methoxy groups -OCH3 is 1. The first kappa shape index (κ1) is 19.8. The van der Waals surface area contributed by atoms with Crippen molar-refractivity contribution < 1.29 is 9.13 Å². The van der Waals surface area contributed by atoms with E-state index >= 15 is 0 Å². The van der Waals surface area contributed by atoms with Gasteiger partial charge >= 0.3 is 0 Å². The Bertz CT molecular complexity index is 900. The van der Waals surface area contributed by atoms with Gasteiger partial charge in [0.2, 0.25) is 0 Å². The molecule has 0 unspecified atom stereocenters. The number of rotatable bonds is 7. The SMILES string of the molecule is COCCCN1CCC(c2cc(-c3ccncc3)c(-c3ccc(F)cc3)[nH]2)CC1. The molecule has 1 N–H and O–H groups in total. The summed E-state index contributed by atoms with van der Waals surface area (Å²) in [4.78, 5) is 10.3. The van der Waals surface area contributed by atoms with Crippen molar-refractivity contribution in [2.75, 3.05) is 33.4 Å². The molecule has 0 spiro atoms. The summed E-state index contributed by atoms with van der Waals surface area (Å²) in [7, 11) is 1.76. The molecule has 3 heterocycles. The van der Waals surface area contributed by atoms with Gasteiger partial charge < -0.3 is 14.6 Å². The average Bonchev–Trinajstić information content (AvgIpc) is 3.21. The van der Waals surface area contributed by atoms with Crippen LogP contribution < -0.4 is 0 Å². The normalized spacial score (nSPS) is 15.7. The molecule has 4 nitrogen and oxygen atoms in total. The number of hydrogen-bond donors (Lipinski definition) is 1. The molecule has 1 fully saturated rings. The van der Waals surface area contributed by atoms with E-state index in [9.17, 15) is 4.39 Å². The lowest BCUT2D eigenvalue weighted by atomic mass is 9.93. The van der Waals surface area contributed by atoms with Crippen molar-refractivity contribution in [1.29, 1.82) is 0 Å². The molecular weight excluding hydrogens is 365 g/mol. The van der Waals surface area contributed by atoms with Crippen LogP contribution in [-0.2, 0) is 4.74 Å². The first-order chi connectivity index (χ1) is 14.2. The number of nitrogens with zero attached hydrogens (tertiary/aromatic N) is 2. The van der Waals surface area contributed by atoms with Crippen LogP contribution in [0.4, 0.5) is 4.39 Å². The zero-order valence-electron chi connectivity index (χ0n) is 16.9. The number of benzene rings is 1. The maximum atomic E-state index is 13.4. The number of hydrogen-bond acceptors (Lipinski definition) is 3. The van der Waals surface area contributed by atoms with Crippen LogP contribution in [0, 0.1) is 5.82 Å². The van der Waals surface area contributed by atoms with Crippen molar-refractivity contribution in [1.82, 2.24) is 14.9 Å². The van der Waals surface area contributed by atoms with E-state index in [2.05, 4.69) is 20.9 Å². The van der Waals surface area contributed by atoms with Crippen molar-refractivity contribution in [3.8, 4) is 22.4 Å². The third kappa shape index (κ3) is 4.74. The Labute approximate surface area is 171 Å². The molecule has 5 heteroatoms. The van der Waals surface area contributed by atoms with Crippen LogP contribution in [-0.4, -0.2) is 48.2 Å². The molecule has 0 saturated carbocycles. The van der Waals surface area contributed by atoms with Gasteiger partial charge in [-0.3, -0.25) is 4.98 Å². The first-order valence-electron chi connectivity index (χ1n) is 10.3. The Morgan fingerprint density at radius 1 is 1.07 bits per heavy atom. The number of aromatic amines is 1. The van der Waals surface area contributed by atoms with E-state index in [0.717, 1.165) is 67.9 Å². The van der Waals surface area contributed by atoms with Crippen LogP contribution >= 0.6 is 0 Å². The molecule has 1 saturated heterocycles. The maximum Gasteiger partial charge on any atom is 0.123 e. The van der Waals surface area contributed by atoms with Gasteiger partial charge in [-0.05, 0) is 85.9 Å². The van der Waals surface area contributed by atoms with Crippen LogP contribution in [0.25, 0.3) is 22.4 Å². The topological polar surface area (TPSA) is 41.1 Å². The van der Waals surface area contributed by atoms with Crippen molar-refractivity contribution in [2.45, 2.75) is 25.2 Å². The van der Waals surface area contributed by atoms with Crippen molar-refractivity contribution in [3.63, 3.8) is 0 Å². The molecule has 4 rings (SSSR count). The van der Waals surface area contributed by atoms with Crippen molar-refractivity contribution in [3.05, 3.63) is 66.4 Å². The molecule has 0 amide bonds. The second-order valence-electron chi connectivity index (χ2n) is 7.72. The van der Waals surface area contributed by atoms with E-state index in [1.54, 1.807) is 7.11 Å². The highest BCUT2D eigenvalue weighted by Crippen LogP contribution is 2.37. The van der Waals surface area contributed by atoms with Gasteiger partial charge in [-0.15, -0.1) is 0 Å². The second kappa shape index (κ2) is 9.33. The number of H-pyrrole nitrogens is 1. The van der Waals surface area contributed by atoms with Gasteiger partial charge in [-0.1, -0.05) is 0 Å². The van der Waals surface area contributed by atoms with Crippen LogP contribution in [0.1, 0.15) is 30.9 Å². The molecule has 3 aromatic rings. The number of nitrogens with one attached hydrogen (secondary N) is 1. The van der Waals surface area contributed by atoms with E-state index in [-0.39, 0.29) is 5.82 Å². The van der Waals surface area contributed by atoms with Crippen molar-refractivity contribution in [2.24, 2.45) is 0 Å². The fraction of sp³-hybridized carbons (Fsp3) is 0.375. The summed E-state index contributed by atoms with van der Waals surface area (Å²) >= 11 is 0. The second-order valence-corrected chi connectivity index (χ2v) is 7.72. The zero-order chi connectivity index (χ0) is 20.1. The smallest absolute Gasteiger partial charge is 0.123 e. The summed E-state index contributed by atoms with van der Waals surface area (Å²) in [5, 5.41) is 0. The third-order valence-electron chi connectivity index (χ3n) is 5.81. The minimum atomic E-state index is -0.216. The van der Waals surface area contributed by atoms with Crippen LogP contribution in [0.5, 0.6) is 0 Å². The molecule has 1 aromatic carbocycles. The summed E-state index contributed by atoms with van der Waals surface area (Å²) in [6.07, 6.45) is 7.01. The Morgan fingerprint density at radius 3 is 2.48 bits per heavy atom. The predicted octanol–water partition coefficient (Wildman–Crippen LogP) is 5.10. The predicted molar refractivity (Wildman–Crippen MR) is 114 cm³/mol. The van der Waals surface area contributed by atoms with Gasteiger partial charge in [-0.2, -0.15) is 0 Å². The van der Waals surface area contributed by atoms with Gasteiger partial charge in [0.1, 0.15) is 5.82 Å². The molecule has 2 aromatic heterocycles. The fourth-order valence-corrected chi connectivity index (χ4v) is 4.20. The minimum Gasteiger partial charge on any atom is -0.385 e. The third-order valence-corrected chi connectivity index (χ3v) is 5.81. The molecule has 0 atom stereocenters. The number of aromatic nitrogens is 2. The van der Waals surface area contributed by atoms with E-state index < -0.39 is 0 Å². The highest BCUT2D eigenvalue weighted by Gasteiger charge is 2.23. The van der Waals surface area contributed by atoms with Crippen molar-refractivity contribution >= 4 is 0 Å². The quantitative estimate of drug-likeness (QED) is 0.568. The fourth-order valence-electron chi connectivity index (χ4n) is 4.20. The van der Waals surface area contributed by atoms with Gasteiger partial charge in [0, 0.05) is 49.8 Å². The van der Waals surface area contributed by atoms with Crippen LogP contribution in [0.3, 0.4) is 0 Å². The standard InChI is InChI=1S/C24H28FN3O/c1-29-16-2-13-28-14-9-19(10-15-28)23-17-22(18-7-11-26-12-8-18)24(27-23)20-3-5-21(25)6-4-20/h3-8,11-12,17,19,27H,2,9-10,13-16H2,1H3. The highest BCUT2D eigenvalue weighted by molar-refractivity contribution is 5.82. The Kier molecular flexibility index (Phi) is 6.37. The number of likely N-dealkylation sites (tertiary alicyclic amines) is 1. The van der Waals surface area contributed by atoms with E-state index in [1.807, 2.05) is 36.7 Å². The number of ether oxygens (including phenoxy) is 1. The molecule has 152 valence electrons. The Balaban J connectivity index is 1.56. The Morgan fingerprint density at radius 2 is 1.79 bits per heavy atom. The number of halogens is 1. The summed E-state index contributed by atoms with van der Waals surface area (Å²) in [5.41, 5.74) is 5.60. The summed E-state index contributed by atoms with van der Waals surface area (Å²) in [6.45, 7) is 4.16. The monoisotopic (exact) mass is 393 g/mol. The van der Waals surface area contributed by atoms with Gasteiger partial charge in [-0.25, -0.2) is 4.39 Å². The lowest BCUT2D eigenvalue weighted by Crippen LogP contribution is -2.34. The first-order valence-corrected chi connectivity index (χ1v) is 10.3. The largest absolute Gasteiger partial charge is 0.385 e. The molecule has 0 radical (unpaired) electrons. The maximum absolute atomic E-state index is 13.4. The Hall–Kier alpha value is -2.50. The van der Waals surface area contributed by atoms with Gasteiger partial charge in [0.15, 0.2) is 0 Å². The van der Waals surface area contributed by atoms with Gasteiger partial charge in [0.05, 0.1) is 5.69 Å². The number of piperidine rings is 1. The summed E-state index contributed by atoms with van der Waals surface area (Å²) < 4.78 is 18.6. The molecule has 0 aliphatic carbocycles. The average molecular weight is 394 g/mol. The minimum absolute atomic E-state index is 0.216. The molecular formula is C24H28FN3O. The van der Waals surface area contributed by atoms with Gasteiger partial charge in [0.25, 0.3) is 0 Å². The van der Waals surface area contributed by atoms with E-state index in [1.165, 1.54) is 17.8 Å². The number of pyridine rings is 1. The summed E-state index contributed by atoms with van der Waals surface area (Å²) in [6, 6.07) is 13.0. The lowest BCUT2D eigenvalue weighted by molar-refractivity contribution is 0.157. The molecule has 1 aliphatic rings. The lowest BCUT2D eigenvalue weighted by Gasteiger charge is -2.31. The van der Waals surface area contributed by atoms with E-state index in [0.29, 0.717) is 5.92 Å². The highest BCUT2D eigenvalue weighted by atomic mass is 19.1. The van der Waals surface area contributed by atoms with Crippen LogP contribution in [0.15, 0.2) is 54.9 Å². The van der Waals surface area contributed by atoms with Crippen LogP contribution in [0.2, 0.25) is 0 Å². The zero-order valence-corrected chi connectivity index (χ0v) is 16.9. The molecule has 1 aliphatic heterocycles. The molecule has 0 bridgehead atoms. The molecule has 29 heavy (non-hydrogen) atoms.